The first kappa shape index (κ1) is 26.3. The van der Waals surface area contributed by atoms with Crippen LogP contribution >= 0.6 is 0 Å². The van der Waals surface area contributed by atoms with E-state index in [0.717, 1.165) is 18.4 Å². The van der Waals surface area contributed by atoms with Gasteiger partial charge in [-0.25, -0.2) is 4.79 Å². The zero-order valence-electron chi connectivity index (χ0n) is 20.4. The van der Waals surface area contributed by atoms with Gasteiger partial charge in [-0.2, -0.15) is 0 Å². The van der Waals surface area contributed by atoms with Crippen molar-refractivity contribution in [1.82, 2.24) is 5.32 Å². The molecule has 3 aromatic carbocycles. The summed E-state index contributed by atoms with van der Waals surface area (Å²) in [5.41, 5.74) is 3.04. The van der Waals surface area contributed by atoms with Crippen molar-refractivity contribution in [2.75, 3.05) is 18.5 Å². The summed E-state index contributed by atoms with van der Waals surface area (Å²) < 4.78 is 15.3. The number of benzene rings is 3. The molecule has 188 valence electrons. The second-order valence-corrected chi connectivity index (χ2v) is 7.92. The lowest BCUT2D eigenvalue weighted by Gasteiger charge is -2.10. The van der Waals surface area contributed by atoms with Crippen molar-refractivity contribution in [3.8, 4) is 11.5 Å². The molecule has 0 unspecified atom stereocenters. The lowest BCUT2D eigenvalue weighted by molar-refractivity contribution is -0.123. The number of ether oxygens (including phenoxy) is 3. The molecule has 0 aromatic heterocycles. The molecule has 8 heteroatoms. The van der Waals surface area contributed by atoms with Crippen LogP contribution in [0.15, 0.2) is 72.8 Å². The average Bonchev–Trinajstić information content (AvgIpc) is 2.88. The number of amides is 2. The largest absolute Gasteiger partial charge is 0.513 e. The van der Waals surface area contributed by atoms with Gasteiger partial charge >= 0.3 is 6.16 Å². The quantitative estimate of drug-likeness (QED) is 0.286. The van der Waals surface area contributed by atoms with Gasteiger partial charge < -0.3 is 24.8 Å². The van der Waals surface area contributed by atoms with Crippen molar-refractivity contribution in [3.05, 3.63) is 89.5 Å². The number of carbonyl (C=O) groups excluding carboxylic acids is 3. The van der Waals surface area contributed by atoms with Crippen LogP contribution in [0.5, 0.6) is 11.5 Å². The minimum absolute atomic E-state index is 0.0839. The Balaban J connectivity index is 1.46. The Morgan fingerprint density at radius 1 is 0.833 bits per heavy atom. The summed E-state index contributed by atoms with van der Waals surface area (Å²) in [5.74, 6) is 0.361. The van der Waals surface area contributed by atoms with Gasteiger partial charge in [-0.1, -0.05) is 37.6 Å². The number of aryl methyl sites for hydroxylation is 1. The molecule has 0 bridgehead atoms. The van der Waals surface area contributed by atoms with Crippen LogP contribution in [0.25, 0.3) is 0 Å². The molecule has 0 saturated heterocycles. The van der Waals surface area contributed by atoms with Gasteiger partial charge in [-0.15, -0.1) is 0 Å². The lowest BCUT2D eigenvalue weighted by Crippen LogP contribution is -2.28. The van der Waals surface area contributed by atoms with Crippen LogP contribution in [-0.4, -0.2) is 31.2 Å². The van der Waals surface area contributed by atoms with E-state index in [1.807, 2.05) is 30.3 Å². The number of nitrogens with one attached hydrogen (secondary N) is 2. The van der Waals surface area contributed by atoms with Crippen LogP contribution in [0.4, 0.5) is 10.5 Å². The third-order valence-electron chi connectivity index (χ3n) is 5.09. The predicted octanol–water partition coefficient (Wildman–Crippen LogP) is 5.12. The molecule has 0 radical (unpaired) electrons. The molecule has 0 aliphatic rings. The molecule has 3 rings (SSSR count). The van der Waals surface area contributed by atoms with Crippen LogP contribution in [0.1, 0.15) is 41.8 Å². The van der Waals surface area contributed by atoms with Gasteiger partial charge in [-0.3, -0.25) is 9.59 Å². The third-order valence-corrected chi connectivity index (χ3v) is 5.09. The van der Waals surface area contributed by atoms with E-state index < -0.39 is 6.16 Å². The van der Waals surface area contributed by atoms with E-state index in [2.05, 4.69) is 17.6 Å². The second kappa shape index (κ2) is 13.5. The Morgan fingerprint density at radius 3 is 2.25 bits per heavy atom. The maximum Gasteiger partial charge on any atom is 0.513 e. The Hall–Kier alpha value is -4.33. The summed E-state index contributed by atoms with van der Waals surface area (Å²) in [6, 6.07) is 21.0. The number of rotatable bonds is 11. The highest BCUT2D eigenvalue weighted by atomic mass is 16.7. The Bertz CT molecular complexity index is 1160. The molecular formula is C28H30N2O6. The minimum atomic E-state index is -0.800. The molecule has 0 spiro atoms. The molecule has 0 fully saturated rings. The van der Waals surface area contributed by atoms with E-state index in [1.54, 1.807) is 37.3 Å². The number of anilines is 1. The average molecular weight is 491 g/mol. The summed E-state index contributed by atoms with van der Waals surface area (Å²) in [5, 5.41) is 5.63. The lowest BCUT2D eigenvalue weighted by atomic mass is 10.1. The molecular weight excluding hydrogens is 460 g/mol. The predicted molar refractivity (Wildman–Crippen MR) is 136 cm³/mol. The number of carbonyl (C=O) groups is 3. The normalized spacial score (nSPS) is 10.3. The molecule has 2 amide bonds. The smallest absolute Gasteiger partial charge is 0.484 e. The highest BCUT2D eigenvalue weighted by molar-refractivity contribution is 6.04. The van der Waals surface area contributed by atoms with Crippen molar-refractivity contribution in [2.24, 2.45) is 0 Å². The SMILES string of the molecule is CCCc1ccc(OCC(=O)NCc2cccc(NC(=O)c3ccc(OC(=O)OCC)cc3)c2)cc1. The van der Waals surface area contributed by atoms with Crippen molar-refractivity contribution < 1.29 is 28.6 Å². The van der Waals surface area contributed by atoms with Crippen molar-refractivity contribution in [3.63, 3.8) is 0 Å². The summed E-state index contributed by atoms with van der Waals surface area (Å²) >= 11 is 0. The monoisotopic (exact) mass is 490 g/mol. The van der Waals surface area contributed by atoms with Gasteiger partial charge in [0.05, 0.1) is 6.61 Å². The fourth-order valence-corrected chi connectivity index (χ4v) is 3.32. The Kier molecular flexibility index (Phi) is 9.88. The molecule has 0 heterocycles. The molecule has 36 heavy (non-hydrogen) atoms. The molecule has 0 aliphatic heterocycles. The van der Waals surface area contributed by atoms with Crippen molar-refractivity contribution >= 4 is 23.7 Å². The van der Waals surface area contributed by atoms with E-state index in [9.17, 15) is 14.4 Å². The van der Waals surface area contributed by atoms with Crippen LogP contribution in [0, 0.1) is 0 Å². The Morgan fingerprint density at radius 2 is 1.56 bits per heavy atom. The molecule has 8 nitrogen and oxygen atoms in total. The highest BCUT2D eigenvalue weighted by Crippen LogP contribution is 2.16. The maximum atomic E-state index is 12.6. The summed E-state index contributed by atoms with van der Waals surface area (Å²) in [7, 11) is 0. The van der Waals surface area contributed by atoms with E-state index >= 15 is 0 Å². The fraction of sp³-hybridized carbons (Fsp3) is 0.250. The van der Waals surface area contributed by atoms with Gasteiger partial charge in [0, 0.05) is 17.8 Å². The fourth-order valence-electron chi connectivity index (χ4n) is 3.32. The summed E-state index contributed by atoms with van der Waals surface area (Å²) in [6.07, 6.45) is 1.29. The topological polar surface area (TPSA) is 103 Å². The van der Waals surface area contributed by atoms with E-state index in [4.69, 9.17) is 14.2 Å². The summed E-state index contributed by atoms with van der Waals surface area (Å²) in [4.78, 5) is 36.1. The number of hydrogen-bond donors (Lipinski definition) is 2. The van der Waals surface area contributed by atoms with Crippen LogP contribution in [-0.2, 0) is 22.5 Å². The van der Waals surface area contributed by atoms with Gasteiger partial charge in [0.2, 0.25) is 0 Å². The second-order valence-electron chi connectivity index (χ2n) is 7.92. The first-order valence-electron chi connectivity index (χ1n) is 11.8. The van der Waals surface area contributed by atoms with Gasteiger partial charge in [-0.05, 0) is 73.0 Å². The van der Waals surface area contributed by atoms with Crippen LogP contribution < -0.4 is 20.1 Å². The van der Waals surface area contributed by atoms with E-state index in [-0.39, 0.29) is 30.8 Å². The first-order chi connectivity index (χ1) is 17.5. The molecule has 0 atom stereocenters. The zero-order chi connectivity index (χ0) is 25.8. The van der Waals surface area contributed by atoms with Crippen LogP contribution in [0.2, 0.25) is 0 Å². The molecule has 3 aromatic rings. The Labute approximate surface area is 210 Å². The van der Waals surface area contributed by atoms with E-state index in [1.165, 1.54) is 17.7 Å². The summed E-state index contributed by atoms with van der Waals surface area (Å²) in [6.45, 7) is 4.23. The van der Waals surface area contributed by atoms with Crippen molar-refractivity contribution in [2.45, 2.75) is 33.2 Å². The van der Waals surface area contributed by atoms with E-state index in [0.29, 0.717) is 23.5 Å². The standard InChI is InChI=1S/C28H30N2O6/c1-3-6-20-9-13-24(14-10-20)35-19-26(31)29-18-21-7-5-8-23(17-21)30-27(32)22-11-15-25(16-12-22)36-28(33)34-4-2/h5,7-17H,3-4,6,18-19H2,1-2H3,(H,29,31)(H,30,32). The first-order valence-corrected chi connectivity index (χ1v) is 11.8. The minimum Gasteiger partial charge on any atom is -0.484 e. The highest BCUT2D eigenvalue weighted by Gasteiger charge is 2.10. The molecule has 0 saturated carbocycles. The third kappa shape index (κ3) is 8.47. The van der Waals surface area contributed by atoms with Gasteiger partial charge in [0.15, 0.2) is 6.61 Å². The van der Waals surface area contributed by atoms with Crippen LogP contribution in [0.3, 0.4) is 0 Å². The molecule has 2 N–H and O–H groups in total. The maximum absolute atomic E-state index is 12.6. The molecule has 0 aliphatic carbocycles. The zero-order valence-corrected chi connectivity index (χ0v) is 20.4. The van der Waals surface area contributed by atoms with Gasteiger partial charge in [0.1, 0.15) is 11.5 Å². The van der Waals surface area contributed by atoms with Crippen molar-refractivity contribution in [1.29, 1.82) is 0 Å². The number of hydrogen-bond acceptors (Lipinski definition) is 6. The van der Waals surface area contributed by atoms with Gasteiger partial charge in [0.25, 0.3) is 11.8 Å².